The summed E-state index contributed by atoms with van der Waals surface area (Å²) < 4.78 is 39.3. The summed E-state index contributed by atoms with van der Waals surface area (Å²) in [5, 5.41) is 11.3. The zero-order valence-electron chi connectivity index (χ0n) is 9.01. The quantitative estimate of drug-likeness (QED) is 0.798. The first-order chi connectivity index (χ1) is 8.50. The lowest BCUT2D eigenvalue weighted by Crippen LogP contribution is -2.15. The van der Waals surface area contributed by atoms with Crippen LogP contribution in [0.5, 0.6) is 0 Å². The van der Waals surface area contributed by atoms with Gasteiger partial charge in [0.05, 0.1) is 5.57 Å². The van der Waals surface area contributed by atoms with Gasteiger partial charge in [-0.25, -0.2) is 18.0 Å². The largest absolute Gasteiger partial charge is 0.478 e. The number of carboxylic acid groups (broad SMARTS) is 1. The number of hydrogen-bond donors (Lipinski definition) is 2. The molecule has 0 bridgehead atoms. The summed E-state index contributed by atoms with van der Waals surface area (Å²) in [7, 11) is 0. The van der Waals surface area contributed by atoms with Crippen LogP contribution in [-0.4, -0.2) is 11.1 Å². The Hall–Kier alpha value is -2.24. The molecular formula is C12H8F3NO2. The van der Waals surface area contributed by atoms with Gasteiger partial charge in [-0.3, -0.25) is 0 Å². The van der Waals surface area contributed by atoms with Crippen molar-refractivity contribution in [1.29, 1.82) is 0 Å². The van der Waals surface area contributed by atoms with Crippen molar-refractivity contribution >= 4 is 11.7 Å². The fraction of sp³-hybridized carbons (Fsp3) is 0.0833. The van der Waals surface area contributed by atoms with Crippen LogP contribution < -0.4 is 5.32 Å². The summed E-state index contributed by atoms with van der Waals surface area (Å²) in [6.45, 7) is 0. The maximum Gasteiger partial charge on any atom is 0.333 e. The predicted molar refractivity (Wildman–Crippen MR) is 57.8 cm³/mol. The number of halogens is 3. The number of hydrogen-bond acceptors (Lipinski definition) is 2. The minimum Gasteiger partial charge on any atom is -0.478 e. The van der Waals surface area contributed by atoms with Crippen molar-refractivity contribution in [2.45, 2.75) is 6.42 Å². The van der Waals surface area contributed by atoms with E-state index in [4.69, 9.17) is 5.11 Å². The van der Waals surface area contributed by atoms with E-state index in [-0.39, 0.29) is 23.3 Å². The van der Waals surface area contributed by atoms with Gasteiger partial charge >= 0.3 is 5.97 Å². The number of allylic oxidation sites excluding steroid dienone is 1. The number of rotatable bonds is 2. The highest BCUT2D eigenvalue weighted by Crippen LogP contribution is 2.24. The molecule has 1 aliphatic heterocycles. The summed E-state index contributed by atoms with van der Waals surface area (Å²) in [6, 6.07) is 1.90. The van der Waals surface area contributed by atoms with Gasteiger partial charge in [0, 0.05) is 23.9 Å². The van der Waals surface area contributed by atoms with Crippen LogP contribution in [0.3, 0.4) is 0 Å². The third-order valence-corrected chi connectivity index (χ3v) is 2.53. The van der Waals surface area contributed by atoms with E-state index in [9.17, 15) is 18.0 Å². The molecule has 0 unspecified atom stereocenters. The lowest BCUT2D eigenvalue weighted by molar-refractivity contribution is -0.132. The van der Waals surface area contributed by atoms with Crippen molar-refractivity contribution in [3.8, 4) is 0 Å². The molecule has 6 heteroatoms. The molecule has 2 N–H and O–H groups in total. The van der Waals surface area contributed by atoms with Gasteiger partial charge in [-0.15, -0.1) is 0 Å². The van der Waals surface area contributed by atoms with Crippen molar-refractivity contribution in [2.75, 3.05) is 0 Å². The molecule has 1 aromatic rings. The van der Waals surface area contributed by atoms with Crippen molar-refractivity contribution in [3.63, 3.8) is 0 Å². The first kappa shape index (κ1) is 12.2. The smallest absolute Gasteiger partial charge is 0.333 e. The highest BCUT2D eigenvalue weighted by atomic mass is 19.2. The second-order valence-electron chi connectivity index (χ2n) is 3.66. The van der Waals surface area contributed by atoms with E-state index >= 15 is 0 Å². The van der Waals surface area contributed by atoms with Crippen LogP contribution in [0.25, 0.3) is 5.70 Å². The zero-order valence-corrected chi connectivity index (χ0v) is 9.01. The van der Waals surface area contributed by atoms with E-state index in [1.165, 1.54) is 12.3 Å². The van der Waals surface area contributed by atoms with Gasteiger partial charge in [0.15, 0.2) is 17.5 Å². The summed E-state index contributed by atoms with van der Waals surface area (Å²) in [5.41, 5.74) is 0.160. The molecule has 0 fully saturated rings. The van der Waals surface area contributed by atoms with Crippen LogP contribution in [0, 0.1) is 17.5 Å². The van der Waals surface area contributed by atoms with E-state index in [2.05, 4.69) is 5.32 Å². The Kier molecular flexibility index (Phi) is 3.10. The normalized spacial score (nSPS) is 14.6. The Labute approximate surface area is 100 Å². The molecule has 0 saturated carbocycles. The fourth-order valence-corrected chi connectivity index (χ4v) is 1.57. The molecule has 1 aliphatic rings. The van der Waals surface area contributed by atoms with Gasteiger partial charge in [0.1, 0.15) is 0 Å². The zero-order chi connectivity index (χ0) is 13.3. The van der Waals surface area contributed by atoms with Gasteiger partial charge in [-0.1, -0.05) is 6.08 Å². The summed E-state index contributed by atoms with van der Waals surface area (Å²) >= 11 is 0. The van der Waals surface area contributed by atoms with Gasteiger partial charge in [0.25, 0.3) is 0 Å². The third kappa shape index (κ3) is 2.09. The molecule has 3 nitrogen and oxygen atoms in total. The van der Waals surface area contributed by atoms with Gasteiger partial charge in [-0.2, -0.15) is 0 Å². The topological polar surface area (TPSA) is 49.3 Å². The van der Waals surface area contributed by atoms with Gasteiger partial charge in [0.2, 0.25) is 0 Å². The van der Waals surface area contributed by atoms with Gasteiger partial charge in [-0.05, 0) is 12.1 Å². The molecule has 0 atom stereocenters. The Balaban J connectivity index is 2.31. The van der Waals surface area contributed by atoms with Crippen LogP contribution in [0.2, 0.25) is 0 Å². The first-order valence-electron chi connectivity index (χ1n) is 5.03. The van der Waals surface area contributed by atoms with Crippen LogP contribution in [0.15, 0.2) is 30.0 Å². The Morgan fingerprint density at radius 1 is 1.22 bits per heavy atom. The summed E-state index contributed by atoms with van der Waals surface area (Å²) in [6.07, 6.45) is 2.67. The molecule has 0 spiro atoms. The van der Waals surface area contributed by atoms with Crippen LogP contribution in [0.1, 0.15) is 12.0 Å². The van der Waals surface area contributed by atoms with Crippen molar-refractivity contribution < 1.29 is 23.1 Å². The molecule has 1 heterocycles. The molecule has 0 saturated heterocycles. The highest BCUT2D eigenvalue weighted by Gasteiger charge is 2.18. The lowest BCUT2D eigenvalue weighted by atomic mass is 10.0. The minimum absolute atomic E-state index is 0.0795. The fourth-order valence-electron chi connectivity index (χ4n) is 1.57. The van der Waals surface area contributed by atoms with E-state index in [1.54, 1.807) is 0 Å². The van der Waals surface area contributed by atoms with Gasteiger partial charge < -0.3 is 10.4 Å². The number of nitrogens with one attached hydrogen (secondary N) is 1. The monoisotopic (exact) mass is 255 g/mol. The maximum atomic E-state index is 13.5. The highest BCUT2D eigenvalue weighted by molar-refractivity contribution is 5.88. The Morgan fingerprint density at radius 2 is 1.94 bits per heavy atom. The van der Waals surface area contributed by atoms with E-state index < -0.39 is 23.4 Å². The molecule has 0 radical (unpaired) electrons. The van der Waals surface area contributed by atoms with E-state index in [0.29, 0.717) is 0 Å². The van der Waals surface area contributed by atoms with Crippen LogP contribution in [-0.2, 0) is 4.79 Å². The second-order valence-corrected chi connectivity index (χ2v) is 3.66. The van der Waals surface area contributed by atoms with Crippen molar-refractivity contribution in [1.82, 2.24) is 5.32 Å². The summed E-state index contributed by atoms with van der Waals surface area (Å²) in [5.74, 6) is -5.22. The van der Waals surface area contributed by atoms with Crippen molar-refractivity contribution in [2.24, 2.45) is 0 Å². The van der Waals surface area contributed by atoms with E-state index in [0.717, 1.165) is 12.1 Å². The average molecular weight is 255 g/mol. The molecule has 0 aliphatic carbocycles. The number of dihydropyridines is 1. The third-order valence-electron chi connectivity index (χ3n) is 2.53. The average Bonchev–Trinajstić information content (AvgIpc) is 2.36. The minimum atomic E-state index is -1.55. The number of benzene rings is 1. The molecule has 1 aromatic carbocycles. The molecule has 94 valence electrons. The maximum absolute atomic E-state index is 13.5. The van der Waals surface area contributed by atoms with Crippen LogP contribution >= 0.6 is 0 Å². The number of carboxylic acids is 1. The predicted octanol–water partition coefficient (Wildman–Crippen LogP) is 2.41. The summed E-state index contributed by atoms with van der Waals surface area (Å²) in [4.78, 5) is 10.6. The lowest BCUT2D eigenvalue weighted by Gasteiger charge is -2.14. The molecule has 0 aromatic heterocycles. The number of carbonyl (C=O) groups is 1. The first-order valence-corrected chi connectivity index (χ1v) is 5.03. The molecule has 0 amide bonds. The van der Waals surface area contributed by atoms with E-state index in [1.807, 2.05) is 0 Å². The SMILES string of the molecule is O=C(O)C1=CNC(c2ccc(F)c(F)c2F)=CC1. The number of aliphatic carboxylic acids is 1. The van der Waals surface area contributed by atoms with Crippen molar-refractivity contribution in [3.05, 3.63) is 53.0 Å². The molecular weight excluding hydrogens is 247 g/mol. The second kappa shape index (κ2) is 4.56. The Bertz CT molecular complexity index is 579. The molecule has 18 heavy (non-hydrogen) atoms. The Morgan fingerprint density at radius 3 is 2.50 bits per heavy atom. The molecule has 2 rings (SSSR count). The van der Waals surface area contributed by atoms with Crippen LogP contribution in [0.4, 0.5) is 13.2 Å². The standard InChI is InChI=1S/C12H8F3NO2/c13-8-3-2-7(10(14)11(8)15)9-4-1-6(5-16-9)12(17)18/h2-5,16H,1H2,(H,17,18).